The Hall–Kier alpha value is -3.91. The molecule has 1 saturated carbocycles. The fourth-order valence-electron chi connectivity index (χ4n) is 8.45. The summed E-state index contributed by atoms with van der Waals surface area (Å²) in [5, 5.41) is 1.63. The van der Waals surface area contributed by atoms with Crippen molar-refractivity contribution in [3.63, 3.8) is 0 Å². The van der Waals surface area contributed by atoms with Crippen LogP contribution in [0.15, 0.2) is 36.5 Å². The lowest BCUT2D eigenvalue weighted by Crippen LogP contribution is -2.63. The molecule has 8 rings (SSSR count). The van der Waals surface area contributed by atoms with Crippen LogP contribution < -0.4 is 9.64 Å². The molecule has 1 aliphatic carbocycles. The fraction of sp³-hybridized carbons (Fsp3) is 0.486. The molecule has 47 heavy (non-hydrogen) atoms. The zero-order chi connectivity index (χ0) is 32.1. The van der Waals surface area contributed by atoms with Gasteiger partial charge in [-0.3, -0.25) is 9.88 Å². The van der Waals surface area contributed by atoms with Crippen molar-refractivity contribution in [1.82, 2.24) is 19.9 Å². The molecule has 2 aromatic heterocycles. The molecular formula is C37H39F2N5O3. The lowest BCUT2D eigenvalue weighted by Gasteiger charge is -2.53. The number of ether oxygens (including phenoxy) is 3. The van der Waals surface area contributed by atoms with E-state index >= 15 is 4.39 Å². The second kappa shape index (κ2) is 12.3. The van der Waals surface area contributed by atoms with E-state index in [-0.39, 0.29) is 34.3 Å². The minimum atomic E-state index is -0.624. The molecule has 3 saturated heterocycles. The molecule has 5 heterocycles. The maximum Gasteiger partial charge on any atom is 0.319 e. The first kappa shape index (κ1) is 30.4. The van der Waals surface area contributed by atoms with Gasteiger partial charge in [0.05, 0.1) is 42.9 Å². The summed E-state index contributed by atoms with van der Waals surface area (Å²) < 4.78 is 49.7. The lowest BCUT2D eigenvalue weighted by molar-refractivity contribution is -0.158. The zero-order valence-corrected chi connectivity index (χ0v) is 26.7. The first-order valence-electron chi connectivity index (χ1n) is 16.8. The number of benzene rings is 2. The summed E-state index contributed by atoms with van der Waals surface area (Å²) >= 11 is 0. The third-order valence-corrected chi connectivity index (χ3v) is 10.9. The number of rotatable bonds is 6. The van der Waals surface area contributed by atoms with Crippen molar-refractivity contribution in [3.05, 3.63) is 53.7 Å². The monoisotopic (exact) mass is 639 g/mol. The van der Waals surface area contributed by atoms with Crippen LogP contribution in [0.25, 0.3) is 32.9 Å². The number of anilines is 1. The number of hydrogen-bond acceptors (Lipinski definition) is 8. The van der Waals surface area contributed by atoms with Crippen molar-refractivity contribution in [3.8, 4) is 29.6 Å². The molecule has 3 aliphatic heterocycles. The van der Waals surface area contributed by atoms with Gasteiger partial charge in [0.25, 0.3) is 0 Å². The molecule has 0 spiro atoms. The topological polar surface area (TPSA) is 72.8 Å². The van der Waals surface area contributed by atoms with Gasteiger partial charge in [0, 0.05) is 48.3 Å². The van der Waals surface area contributed by atoms with E-state index in [9.17, 15) is 4.39 Å². The Morgan fingerprint density at radius 1 is 1.06 bits per heavy atom. The SMILES string of the molecule is C#Cc1c(F)ccc2cccc(-c3ncc4c(N5CCCOCC5)nc(OC[C@]56CCC[C@H]5N(C5COC5C)CCC6)nc4c3F)c12. The van der Waals surface area contributed by atoms with Crippen LogP contribution in [0.1, 0.15) is 51.0 Å². The molecule has 8 nitrogen and oxygen atoms in total. The second-order valence-electron chi connectivity index (χ2n) is 13.4. The predicted molar refractivity (Wildman–Crippen MR) is 176 cm³/mol. The highest BCUT2D eigenvalue weighted by Gasteiger charge is 2.52. The first-order chi connectivity index (χ1) is 23.0. The molecule has 4 aromatic rings. The fourth-order valence-corrected chi connectivity index (χ4v) is 8.45. The molecule has 244 valence electrons. The van der Waals surface area contributed by atoms with Gasteiger partial charge in [0.1, 0.15) is 22.8 Å². The predicted octanol–water partition coefficient (Wildman–Crippen LogP) is 6.13. The smallest absolute Gasteiger partial charge is 0.319 e. The molecule has 0 amide bonds. The van der Waals surface area contributed by atoms with Crippen LogP contribution in [0.5, 0.6) is 6.01 Å². The van der Waals surface area contributed by atoms with E-state index in [4.69, 9.17) is 30.6 Å². The van der Waals surface area contributed by atoms with Gasteiger partial charge >= 0.3 is 6.01 Å². The zero-order valence-electron chi connectivity index (χ0n) is 26.7. The van der Waals surface area contributed by atoms with Crippen molar-refractivity contribution in [2.75, 3.05) is 51.0 Å². The second-order valence-corrected chi connectivity index (χ2v) is 13.4. The van der Waals surface area contributed by atoms with Gasteiger partial charge in [-0.2, -0.15) is 9.97 Å². The summed E-state index contributed by atoms with van der Waals surface area (Å²) in [5.74, 6) is 1.87. The number of halogens is 2. The average molecular weight is 640 g/mol. The normalized spacial score (nSPS) is 26.5. The number of likely N-dealkylation sites (tertiary alicyclic amines) is 1. The average Bonchev–Trinajstić information content (AvgIpc) is 3.34. The molecule has 4 atom stereocenters. The van der Waals surface area contributed by atoms with Crippen LogP contribution in [-0.2, 0) is 9.47 Å². The highest BCUT2D eigenvalue weighted by atomic mass is 19.1. The third-order valence-electron chi connectivity index (χ3n) is 10.9. The van der Waals surface area contributed by atoms with E-state index in [0.717, 1.165) is 51.7 Å². The Labute approximate surface area is 273 Å². The number of hydrogen-bond donors (Lipinski definition) is 0. The van der Waals surface area contributed by atoms with E-state index in [1.807, 2.05) is 6.07 Å². The van der Waals surface area contributed by atoms with Crippen LogP contribution in [0.2, 0.25) is 0 Å². The lowest BCUT2D eigenvalue weighted by atomic mass is 9.74. The molecule has 0 radical (unpaired) electrons. The Bertz CT molecular complexity index is 1870. The van der Waals surface area contributed by atoms with Crippen molar-refractivity contribution in [2.45, 2.75) is 63.6 Å². The van der Waals surface area contributed by atoms with Gasteiger partial charge < -0.3 is 19.1 Å². The molecule has 0 N–H and O–H groups in total. The number of fused-ring (bicyclic) bond motifs is 3. The molecule has 4 aliphatic rings. The largest absolute Gasteiger partial charge is 0.463 e. The summed E-state index contributed by atoms with van der Waals surface area (Å²) in [7, 11) is 0. The van der Waals surface area contributed by atoms with E-state index in [1.165, 1.54) is 6.07 Å². The maximum absolute atomic E-state index is 16.8. The minimum absolute atomic E-state index is 0.0108. The number of aromatic nitrogens is 3. The minimum Gasteiger partial charge on any atom is -0.463 e. The molecule has 2 aromatic carbocycles. The Morgan fingerprint density at radius 2 is 1.96 bits per heavy atom. The van der Waals surface area contributed by atoms with Crippen LogP contribution in [0, 0.1) is 29.4 Å². The van der Waals surface area contributed by atoms with Crippen molar-refractivity contribution in [1.29, 1.82) is 0 Å². The van der Waals surface area contributed by atoms with E-state index in [0.29, 0.717) is 72.5 Å². The van der Waals surface area contributed by atoms with E-state index in [1.54, 1.807) is 24.4 Å². The summed E-state index contributed by atoms with van der Waals surface area (Å²) in [4.78, 5) is 19.0. The number of nitrogens with zero attached hydrogens (tertiary/aromatic N) is 5. The van der Waals surface area contributed by atoms with Gasteiger partial charge in [0.2, 0.25) is 0 Å². The van der Waals surface area contributed by atoms with Gasteiger partial charge in [0.15, 0.2) is 5.82 Å². The third kappa shape index (κ3) is 5.20. The van der Waals surface area contributed by atoms with E-state index < -0.39 is 11.6 Å². The van der Waals surface area contributed by atoms with Crippen molar-refractivity contribution in [2.24, 2.45) is 5.41 Å². The Kier molecular flexibility index (Phi) is 7.95. The van der Waals surface area contributed by atoms with Crippen LogP contribution in [0.3, 0.4) is 0 Å². The van der Waals surface area contributed by atoms with Crippen LogP contribution in [-0.4, -0.2) is 84.1 Å². The molecule has 2 unspecified atom stereocenters. The summed E-state index contributed by atoms with van der Waals surface area (Å²) in [6.07, 6.45) is 14.0. The number of pyridine rings is 1. The highest BCUT2D eigenvalue weighted by Crippen LogP contribution is 2.49. The van der Waals surface area contributed by atoms with Gasteiger partial charge in [-0.1, -0.05) is 36.6 Å². The summed E-state index contributed by atoms with van der Waals surface area (Å²) in [6, 6.07) is 9.32. The van der Waals surface area contributed by atoms with E-state index in [2.05, 4.69) is 27.6 Å². The summed E-state index contributed by atoms with van der Waals surface area (Å²) in [6.45, 7) is 6.99. The Morgan fingerprint density at radius 3 is 2.79 bits per heavy atom. The van der Waals surface area contributed by atoms with Gasteiger partial charge in [-0.15, -0.1) is 6.42 Å². The van der Waals surface area contributed by atoms with Crippen LogP contribution in [0.4, 0.5) is 14.6 Å². The molecular weight excluding hydrogens is 600 g/mol. The standard InChI is InChI=1S/C37H39F2N5O3/c1-3-25-28(38)12-11-24-8-4-9-26(31(24)25)33-32(39)34-27(20-40-33)35(43-15-7-18-45-19-17-43)42-36(41-34)47-22-37-13-5-10-30(37)44(16-6-14-37)29-21-46-23(29)2/h1,4,8-9,11-12,20,23,29-30H,5-7,10,13-19,21-22H2,2H3/t23?,29?,30-,37-/m1/s1. The first-order valence-corrected chi connectivity index (χ1v) is 16.8. The molecule has 4 fully saturated rings. The quantitative estimate of drug-likeness (QED) is 0.234. The van der Waals surface area contributed by atoms with Crippen molar-refractivity contribution >= 4 is 27.5 Å². The molecule has 10 heteroatoms. The Balaban J connectivity index is 1.21. The maximum atomic E-state index is 16.8. The van der Waals surface area contributed by atoms with Gasteiger partial charge in [-0.05, 0) is 57.0 Å². The molecule has 0 bridgehead atoms. The van der Waals surface area contributed by atoms with Crippen molar-refractivity contribution < 1.29 is 23.0 Å². The summed E-state index contributed by atoms with van der Waals surface area (Å²) in [5.41, 5.74) is 0.634. The highest BCUT2D eigenvalue weighted by molar-refractivity contribution is 6.02. The van der Waals surface area contributed by atoms with Crippen LogP contribution >= 0.6 is 0 Å². The van der Waals surface area contributed by atoms with Gasteiger partial charge in [-0.25, -0.2) is 8.78 Å². The number of terminal acetylenes is 1. The number of piperidine rings is 1.